The molecule has 0 fully saturated rings. The third-order valence-electron chi connectivity index (χ3n) is 5.10. The van der Waals surface area contributed by atoms with E-state index < -0.39 is 0 Å². The summed E-state index contributed by atoms with van der Waals surface area (Å²) in [6.07, 6.45) is 3.73. The van der Waals surface area contributed by atoms with Gasteiger partial charge in [-0.05, 0) is 24.6 Å². The van der Waals surface area contributed by atoms with Gasteiger partial charge in [-0.2, -0.15) is 0 Å². The summed E-state index contributed by atoms with van der Waals surface area (Å²) in [6, 6.07) is 13.8. The molecule has 5 rings (SSSR count). The van der Waals surface area contributed by atoms with Crippen LogP contribution in [-0.2, 0) is 17.6 Å². The summed E-state index contributed by atoms with van der Waals surface area (Å²) in [6.45, 7) is 2.28. The number of amides is 1. The zero-order valence-corrected chi connectivity index (χ0v) is 16.0. The smallest absolute Gasteiger partial charge is 0.231 e. The van der Waals surface area contributed by atoms with Gasteiger partial charge in [0.1, 0.15) is 11.6 Å². The lowest BCUT2D eigenvalue weighted by atomic mass is 10.1. The van der Waals surface area contributed by atoms with E-state index in [0.717, 1.165) is 29.3 Å². The molecule has 1 aromatic heterocycles. The van der Waals surface area contributed by atoms with Crippen molar-refractivity contribution < 1.29 is 14.3 Å². The van der Waals surface area contributed by atoms with E-state index >= 15 is 0 Å². The van der Waals surface area contributed by atoms with Gasteiger partial charge < -0.3 is 14.8 Å². The van der Waals surface area contributed by atoms with E-state index in [4.69, 9.17) is 9.47 Å². The largest absolute Gasteiger partial charge is 0.454 e. The topological polar surface area (TPSA) is 78.3 Å². The van der Waals surface area contributed by atoms with Crippen LogP contribution in [0.1, 0.15) is 29.2 Å². The first-order valence-corrected chi connectivity index (χ1v) is 9.57. The molecule has 1 N–H and O–H groups in total. The molecule has 1 amide bonds. The van der Waals surface area contributed by atoms with Crippen molar-refractivity contribution in [2.45, 2.75) is 26.2 Å². The van der Waals surface area contributed by atoms with Gasteiger partial charge in [0, 0.05) is 31.0 Å². The van der Waals surface area contributed by atoms with Crippen LogP contribution < -0.4 is 14.8 Å². The average Bonchev–Trinajstić information content (AvgIpc) is 3.43. The molecular weight excluding hydrogens is 368 g/mol. The molecule has 0 saturated heterocycles. The standard InChI is InChI=1S/C22H20N4O3/c1-14-2-4-15(5-3-14)17-7-9-20-24-25-21(26(17)20)10-11-22(27)23-16-6-8-18-19(12-16)29-13-28-18/h2-8,12H,9-11,13H2,1H3,(H,23,27). The Morgan fingerprint density at radius 2 is 1.93 bits per heavy atom. The third kappa shape index (κ3) is 3.35. The summed E-state index contributed by atoms with van der Waals surface area (Å²) in [7, 11) is 0. The second-order valence-electron chi connectivity index (χ2n) is 7.14. The molecule has 3 aromatic rings. The number of carbonyl (C=O) groups is 1. The first kappa shape index (κ1) is 17.5. The van der Waals surface area contributed by atoms with Crippen molar-refractivity contribution in [3.05, 3.63) is 71.3 Å². The Kier molecular flexibility index (Phi) is 4.27. The van der Waals surface area contributed by atoms with Crippen molar-refractivity contribution in [2.24, 2.45) is 0 Å². The number of anilines is 1. The quantitative estimate of drug-likeness (QED) is 0.725. The first-order valence-electron chi connectivity index (χ1n) is 9.57. The van der Waals surface area contributed by atoms with Gasteiger partial charge in [-0.25, -0.2) is 0 Å². The highest BCUT2D eigenvalue weighted by molar-refractivity contribution is 5.91. The van der Waals surface area contributed by atoms with Crippen LogP contribution in [0.2, 0.25) is 0 Å². The second-order valence-corrected chi connectivity index (χ2v) is 7.14. The number of nitrogens with one attached hydrogen (secondary N) is 1. The van der Waals surface area contributed by atoms with E-state index in [2.05, 4.69) is 57.3 Å². The maximum Gasteiger partial charge on any atom is 0.231 e. The number of hydrogen-bond donors (Lipinski definition) is 1. The number of aryl methyl sites for hydroxylation is 2. The fourth-order valence-corrected chi connectivity index (χ4v) is 3.60. The van der Waals surface area contributed by atoms with E-state index in [-0.39, 0.29) is 12.7 Å². The van der Waals surface area contributed by atoms with Crippen molar-refractivity contribution in [2.75, 3.05) is 12.1 Å². The predicted octanol–water partition coefficient (Wildman–Crippen LogP) is 3.33. The lowest BCUT2D eigenvalue weighted by molar-refractivity contribution is -0.116. The minimum atomic E-state index is -0.0833. The van der Waals surface area contributed by atoms with Crippen LogP contribution in [-0.4, -0.2) is 27.5 Å². The summed E-state index contributed by atoms with van der Waals surface area (Å²) in [4.78, 5) is 12.4. The molecule has 0 bridgehead atoms. The molecule has 2 aliphatic heterocycles. The zero-order valence-electron chi connectivity index (χ0n) is 16.0. The van der Waals surface area contributed by atoms with E-state index in [1.54, 1.807) is 18.2 Å². The lowest BCUT2D eigenvalue weighted by Gasteiger charge is -2.10. The normalized spacial score (nSPS) is 13.9. The number of hydrogen-bond acceptors (Lipinski definition) is 5. The number of ether oxygens (including phenoxy) is 2. The number of fused-ring (bicyclic) bond motifs is 2. The van der Waals surface area contributed by atoms with Gasteiger partial charge in [0.2, 0.25) is 12.7 Å². The van der Waals surface area contributed by atoms with E-state index in [1.807, 2.05) is 0 Å². The molecule has 0 saturated carbocycles. The SMILES string of the molecule is Cc1ccc(C2=CCc3nnc(CCC(=O)Nc4ccc5c(c4)OCO5)n32)cc1. The molecular formula is C22H20N4O3. The molecule has 2 aliphatic rings. The summed E-state index contributed by atoms with van der Waals surface area (Å²) < 4.78 is 12.7. The Morgan fingerprint density at radius 1 is 1.10 bits per heavy atom. The van der Waals surface area contributed by atoms with Gasteiger partial charge in [0.05, 0.1) is 5.70 Å². The predicted molar refractivity (Wildman–Crippen MR) is 108 cm³/mol. The fraction of sp³-hybridized carbons (Fsp3) is 0.227. The highest BCUT2D eigenvalue weighted by Gasteiger charge is 2.22. The minimum Gasteiger partial charge on any atom is -0.454 e. The summed E-state index contributed by atoms with van der Waals surface area (Å²) in [5.74, 6) is 2.96. The van der Waals surface area contributed by atoms with Crippen LogP contribution in [0, 0.1) is 6.92 Å². The number of rotatable bonds is 5. The van der Waals surface area contributed by atoms with Gasteiger partial charge in [-0.1, -0.05) is 35.9 Å². The number of carbonyl (C=O) groups excluding carboxylic acids is 1. The highest BCUT2D eigenvalue weighted by atomic mass is 16.7. The van der Waals surface area contributed by atoms with Gasteiger partial charge in [0.15, 0.2) is 11.5 Å². The number of allylic oxidation sites excluding steroid dienone is 1. The molecule has 0 aliphatic carbocycles. The highest BCUT2D eigenvalue weighted by Crippen LogP contribution is 2.34. The van der Waals surface area contributed by atoms with Crippen LogP contribution >= 0.6 is 0 Å². The zero-order chi connectivity index (χ0) is 19.8. The van der Waals surface area contributed by atoms with Crippen molar-refractivity contribution in [3.8, 4) is 11.5 Å². The van der Waals surface area contributed by atoms with Crippen LogP contribution in [0.25, 0.3) is 5.70 Å². The van der Waals surface area contributed by atoms with Crippen molar-refractivity contribution in [3.63, 3.8) is 0 Å². The maximum atomic E-state index is 12.4. The number of aromatic nitrogens is 3. The molecule has 0 atom stereocenters. The van der Waals surface area contributed by atoms with Crippen LogP contribution in [0.15, 0.2) is 48.5 Å². The van der Waals surface area contributed by atoms with E-state index in [9.17, 15) is 4.79 Å². The molecule has 7 nitrogen and oxygen atoms in total. The molecule has 7 heteroatoms. The Labute approximate surface area is 168 Å². The maximum absolute atomic E-state index is 12.4. The molecule has 2 aromatic carbocycles. The summed E-state index contributed by atoms with van der Waals surface area (Å²) >= 11 is 0. The summed E-state index contributed by atoms with van der Waals surface area (Å²) in [5.41, 5.74) is 4.11. The lowest BCUT2D eigenvalue weighted by Crippen LogP contribution is -2.14. The Hall–Kier alpha value is -3.61. The van der Waals surface area contributed by atoms with E-state index in [0.29, 0.717) is 30.0 Å². The Morgan fingerprint density at radius 3 is 2.79 bits per heavy atom. The number of benzene rings is 2. The molecule has 0 unspecified atom stereocenters. The molecule has 0 radical (unpaired) electrons. The molecule has 29 heavy (non-hydrogen) atoms. The monoisotopic (exact) mass is 388 g/mol. The Bertz CT molecular complexity index is 1120. The molecule has 0 spiro atoms. The van der Waals surface area contributed by atoms with E-state index in [1.165, 1.54) is 5.56 Å². The average molecular weight is 388 g/mol. The Balaban J connectivity index is 1.27. The molecule has 3 heterocycles. The van der Waals surface area contributed by atoms with Crippen LogP contribution in [0.5, 0.6) is 11.5 Å². The van der Waals surface area contributed by atoms with Gasteiger partial charge in [-0.3, -0.25) is 9.36 Å². The van der Waals surface area contributed by atoms with Crippen LogP contribution in [0.4, 0.5) is 5.69 Å². The third-order valence-corrected chi connectivity index (χ3v) is 5.10. The van der Waals surface area contributed by atoms with Gasteiger partial charge in [-0.15, -0.1) is 10.2 Å². The van der Waals surface area contributed by atoms with Gasteiger partial charge >= 0.3 is 0 Å². The first-order chi connectivity index (χ1) is 14.2. The van der Waals surface area contributed by atoms with Crippen molar-refractivity contribution in [1.82, 2.24) is 14.8 Å². The van der Waals surface area contributed by atoms with Crippen molar-refractivity contribution >= 4 is 17.3 Å². The minimum absolute atomic E-state index is 0.0833. The molecule has 146 valence electrons. The van der Waals surface area contributed by atoms with Crippen LogP contribution in [0.3, 0.4) is 0 Å². The van der Waals surface area contributed by atoms with Gasteiger partial charge in [0.25, 0.3) is 0 Å². The van der Waals surface area contributed by atoms with Crippen molar-refractivity contribution in [1.29, 1.82) is 0 Å². The second kappa shape index (κ2) is 7.09. The summed E-state index contributed by atoms with van der Waals surface area (Å²) in [5, 5.41) is 11.5. The number of nitrogens with zero attached hydrogens (tertiary/aromatic N) is 3. The fourth-order valence-electron chi connectivity index (χ4n) is 3.60.